The zero-order valence-electron chi connectivity index (χ0n) is 31.5. The molecule has 16 heteroatoms. The molecule has 2 aromatic rings. The Labute approximate surface area is 321 Å². The van der Waals surface area contributed by atoms with E-state index in [0.717, 1.165) is 30.4 Å². The van der Waals surface area contributed by atoms with Crippen LogP contribution >= 0.6 is 0 Å². The molecule has 0 spiro atoms. The second kappa shape index (κ2) is 16.0. The van der Waals surface area contributed by atoms with Gasteiger partial charge in [0.1, 0.15) is 23.7 Å². The van der Waals surface area contributed by atoms with E-state index in [9.17, 15) is 32.4 Å². The first-order valence-electron chi connectivity index (χ1n) is 18.8. The molecule has 55 heavy (non-hydrogen) atoms. The Kier molecular flexibility index (Phi) is 11.6. The molecule has 5 atom stereocenters. The van der Waals surface area contributed by atoms with Gasteiger partial charge in [0.2, 0.25) is 11.8 Å². The monoisotopic (exact) mass is 778 g/mol. The van der Waals surface area contributed by atoms with E-state index in [1.54, 1.807) is 18.5 Å². The highest BCUT2D eigenvalue weighted by Crippen LogP contribution is 2.45. The molecule has 3 N–H and O–H groups in total. The molecule has 3 heterocycles. The topological polar surface area (TPSA) is 193 Å². The number of rotatable bonds is 11. The minimum atomic E-state index is -4.28. The minimum absolute atomic E-state index is 0.0771. The third-order valence-electron chi connectivity index (χ3n) is 10.7. The van der Waals surface area contributed by atoms with E-state index in [-0.39, 0.29) is 48.8 Å². The van der Waals surface area contributed by atoms with Crippen LogP contribution in [0, 0.1) is 17.3 Å². The van der Waals surface area contributed by atoms with Crippen molar-refractivity contribution in [3.63, 3.8) is 0 Å². The molecule has 1 saturated heterocycles. The molecule has 3 fully saturated rings. The number of amides is 5. The maximum Gasteiger partial charge on any atom is 0.410 e. The van der Waals surface area contributed by atoms with Crippen molar-refractivity contribution in [3.05, 3.63) is 72.6 Å². The van der Waals surface area contributed by atoms with Crippen molar-refractivity contribution in [2.75, 3.05) is 13.2 Å². The number of carbonyl (C=O) groups excluding carboxylic acids is 5. The SMILES string of the molecule is C=C[C@@H]1C[C@@]1(NC(=O)[C@@H]1C[C@@H](OC(=O)N2Cc3ccncc3C2)CN1C(=O)[C@@H](NC(=O)OCC(C)(C)C)C1CCCCC1)C(=O)NS(=O)(=O)c1ccccc1. The molecule has 0 unspecified atom stereocenters. The van der Waals surface area contributed by atoms with Crippen molar-refractivity contribution >= 4 is 39.9 Å². The highest BCUT2D eigenvalue weighted by atomic mass is 32.2. The summed E-state index contributed by atoms with van der Waals surface area (Å²) in [6.45, 7) is 10.1. The van der Waals surface area contributed by atoms with Crippen LogP contribution in [0.1, 0.15) is 76.8 Å². The first kappa shape index (κ1) is 39.7. The van der Waals surface area contributed by atoms with Crippen LogP contribution in [0.15, 0.2) is 66.3 Å². The molecule has 4 aliphatic rings. The van der Waals surface area contributed by atoms with Gasteiger partial charge >= 0.3 is 12.2 Å². The Morgan fingerprint density at radius 3 is 2.40 bits per heavy atom. The molecule has 5 amide bonds. The molecule has 1 aromatic carbocycles. The lowest BCUT2D eigenvalue weighted by Crippen LogP contribution is -2.59. The number of hydrogen-bond donors (Lipinski definition) is 3. The fourth-order valence-corrected chi connectivity index (χ4v) is 8.69. The third kappa shape index (κ3) is 9.11. The summed E-state index contributed by atoms with van der Waals surface area (Å²) in [5, 5.41) is 5.55. The van der Waals surface area contributed by atoms with Crippen LogP contribution in [0.2, 0.25) is 0 Å². The van der Waals surface area contributed by atoms with Crippen LogP contribution in [0.25, 0.3) is 0 Å². The maximum atomic E-state index is 14.7. The zero-order valence-corrected chi connectivity index (χ0v) is 32.3. The predicted molar refractivity (Wildman–Crippen MR) is 199 cm³/mol. The van der Waals surface area contributed by atoms with E-state index < -0.39 is 69.6 Å². The summed E-state index contributed by atoms with van der Waals surface area (Å²) < 4.78 is 39.7. The van der Waals surface area contributed by atoms with Gasteiger partial charge in [-0.2, -0.15) is 0 Å². The van der Waals surface area contributed by atoms with E-state index >= 15 is 0 Å². The lowest BCUT2D eigenvalue weighted by atomic mass is 9.83. The van der Waals surface area contributed by atoms with Crippen molar-refractivity contribution in [1.29, 1.82) is 0 Å². The van der Waals surface area contributed by atoms with Crippen molar-refractivity contribution in [2.45, 2.75) is 107 Å². The Morgan fingerprint density at radius 1 is 1.04 bits per heavy atom. The van der Waals surface area contributed by atoms with E-state index in [2.05, 4.69) is 26.9 Å². The number of fused-ring (bicyclic) bond motifs is 1. The van der Waals surface area contributed by atoms with Gasteiger partial charge in [0.05, 0.1) is 24.6 Å². The number of nitrogens with zero attached hydrogens (tertiary/aromatic N) is 3. The number of aromatic nitrogens is 1. The fraction of sp³-hybridized carbons (Fsp3) is 0.538. The van der Waals surface area contributed by atoms with Gasteiger partial charge < -0.3 is 25.0 Å². The number of carbonyl (C=O) groups is 5. The van der Waals surface area contributed by atoms with Gasteiger partial charge in [-0.1, -0.05) is 64.3 Å². The van der Waals surface area contributed by atoms with Crippen LogP contribution in [0.3, 0.4) is 0 Å². The van der Waals surface area contributed by atoms with Gasteiger partial charge in [-0.15, -0.1) is 6.58 Å². The third-order valence-corrected chi connectivity index (χ3v) is 12.1. The largest absolute Gasteiger partial charge is 0.449 e. The fourth-order valence-electron chi connectivity index (χ4n) is 7.63. The summed E-state index contributed by atoms with van der Waals surface area (Å²) in [4.78, 5) is 76.1. The number of nitrogens with one attached hydrogen (secondary N) is 3. The van der Waals surface area contributed by atoms with Crippen molar-refractivity contribution in [1.82, 2.24) is 30.1 Å². The second-order valence-corrected chi connectivity index (χ2v) is 17.8. The molecule has 2 saturated carbocycles. The zero-order chi connectivity index (χ0) is 39.5. The summed E-state index contributed by atoms with van der Waals surface area (Å²) in [5.74, 6) is -3.05. The molecule has 15 nitrogen and oxygen atoms in total. The number of likely N-dealkylation sites (tertiary alicyclic amines) is 1. The Hall–Kier alpha value is -4.99. The normalized spacial score (nSPS) is 24.2. The number of benzene rings is 1. The molecular formula is C39H50N6O9S. The summed E-state index contributed by atoms with van der Waals surface area (Å²) in [5.41, 5.74) is -0.152. The standard InChI is InChI=1S/C39H50N6O9S/c1-5-28-19-39(28,35(48)43-55(51,52)30-14-10-7-11-15-30)42-33(46)31-18-29(54-37(50)44-21-26-16-17-40-20-27(26)22-44)23-45(31)34(47)32(25-12-8-6-9-13-25)41-36(49)53-24-38(2,3)4/h5,7,10-11,14-17,20,25,28-29,31-32H,1,6,8-9,12-13,18-19,21-24H2,2-4H3,(H,41,49)(H,42,46)(H,43,48)/t28-,29-,31+,32+,39+/m1/s1. The van der Waals surface area contributed by atoms with Gasteiger partial charge in [-0.25, -0.2) is 22.7 Å². The van der Waals surface area contributed by atoms with Gasteiger partial charge in [-0.05, 0) is 59.9 Å². The Bertz CT molecular complexity index is 1890. The van der Waals surface area contributed by atoms with Crippen LogP contribution in [-0.2, 0) is 47.0 Å². The second-order valence-electron chi connectivity index (χ2n) is 16.2. The van der Waals surface area contributed by atoms with E-state index in [1.165, 1.54) is 40.1 Å². The summed E-state index contributed by atoms with van der Waals surface area (Å²) in [6, 6.07) is 6.93. The van der Waals surface area contributed by atoms with E-state index in [1.807, 2.05) is 26.8 Å². The lowest BCUT2D eigenvalue weighted by molar-refractivity contribution is -0.142. The molecule has 6 rings (SSSR count). The molecule has 0 radical (unpaired) electrons. The highest BCUT2D eigenvalue weighted by molar-refractivity contribution is 7.90. The van der Waals surface area contributed by atoms with Crippen LogP contribution in [0.5, 0.6) is 0 Å². The molecule has 2 aliphatic heterocycles. The predicted octanol–water partition coefficient (Wildman–Crippen LogP) is 3.79. The minimum Gasteiger partial charge on any atom is -0.449 e. The maximum absolute atomic E-state index is 14.7. The summed E-state index contributed by atoms with van der Waals surface area (Å²) in [6.07, 6.45) is 6.53. The first-order valence-corrected chi connectivity index (χ1v) is 20.3. The van der Waals surface area contributed by atoms with E-state index in [4.69, 9.17) is 9.47 Å². The molecule has 296 valence electrons. The molecule has 0 bridgehead atoms. The van der Waals surface area contributed by atoms with Gasteiger partial charge in [0, 0.05) is 31.3 Å². The average molecular weight is 779 g/mol. The summed E-state index contributed by atoms with van der Waals surface area (Å²) in [7, 11) is -4.28. The van der Waals surface area contributed by atoms with E-state index in [0.29, 0.717) is 19.4 Å². The first-order chi connectivity index (χ1) is 26.1. The van der Waals surface area contributed by atoms with Crippen molar-refractivity contribution in [2.24, 2.45) is 17.3 Å². The van der Waals surface area contributed by atoms with Gasteiger partial charge in [0.25, 0.3) is 15.9 Å². The quantitative estimate of drug-likeness (QED) is 0.283. The average Bonchev–Trinajstić information content (AvgIpc) is 3.46. The number of sulfonamides is 1. The Morgan fingerprint density at radius 2 is 1.75 bits per heavy atom. The van der Waals surface area contributed by atoms with Crippen molar-refractivity contribution < 1.29 is 41.9 Å². The van der Waals surface area contributed by atoms with Crippen LogP contribution < -0.4 is 15.4 Å². The van der Waals surface area contributed by atoms with Crippen LogP contribution in [-0.4, -0.2) is 90.0 Å². The molecule has 1 aromatic heterocycles. The smallest absolute Gasteiger partial charge is 0.410 e. The summed E-state index contributed by atoms with van der Waals surface area (Å²) >= 11 is 0. The lowest BCUT2D eigenvalue weighted by Gasteiger charge is -2.34. The van der Waals surface area contributed by atoms with Crippen molar-refractivity contribution in [3.8, 4) is 0 Å². The molecular weight excluding hydrogens is 729 g/mol. The Balaban J connectivity index is 1.24. The highest BCUT2D eigenvalue weighted by Gasteiger charge is 2.61. The van der Waals surface area contributed by atoms with Gasteiger partial charge in [-0.3, -0.25) is 24.3 Å². The van der Waals surface area contributed by atoms with Gasteiger partial charge in [0.15, 0.2) is 0 Å². The number of pyridine rings is 1. The van der Waals surface area contributed by atoms with Crippen LogP contribution in [0.4, 0.5) is 9.59 Å². The molecule has 2 aliphatic carbocycles. The number of hydrogen-bond acceptors (Lipinski definition) is 10. The number of alkyl carbamates (subject to hydrolysis) is 1. The number of ether oxygens (including phenoxy) is 2.